The molecule has 0 amide bonds. The van der Waals surface area contributed by atoms with Crippen LogP contribution in [0.15, 0.2) is 65.2 Å². The van der Waals surface area contributed by atoms with E-state index in [0.717, 1.165) is 5.56 Å². The van der Waals surface area contributed by atoms with Gasteiger partial charge < -0.3 is 14.9 Å². The van der Waals surface area contributed by atoms with E-state index in [2.05, 4.69) is 4.98 Å². The summed E-state index contributed by atoms with van der Waals surface area (Å²) in [6.45, 7) is 0.608. The Morgan fingerprint density at radius 1 is 1.13 bits per heavy atom. The number of aliphatic hydroxyl groups is 2. The number of benzene rings is 1. The maximum atomic E-state index is 11.8. The Bertz CT molecular complexity index is 742. The van der Waals surface area contributed by atoms with E-state index < -0.39 is 23.9 Å². The summed E-state index contributed by atoms with van der Waals surface area (Å²) in [6, 6.07) is 10.7. The van der Waals surface area contributed by atoms with Crippen LogP contribution in [0.25, 0.3) is 0 Å². The molecule has 0 saturated heterocycles. The van der Waals surface area contributed by atoms with E-state index in [1.54, 1.807) is 18.3 Å². The molecule has 6 nitrogen and oxygen atoms in total. The van der Waals surface area contributed by atoms with Crippen LogP contribution in [-0.4, -0.2) is 38.6 Å². The SMILES string of the molecule is O=c1ncccn1[C@@H]1C=C(COCc2ccccc2)[C@@H](O)[C@H]1O. The maximum Gasteiger partial charge on any atom is 0.348 e. The van der Waals surface area contributed by atoms with Gasteiger partial charge in [-0.15, -0.1) is 0 Å². The molecule has 1 aromatic carbocycles. The molecule has 2 aromatic rings. The molecule has 0 unspecified atom stereocenters. The van der Waals surface area contributed by atoms with Crippen LogP contribution < -0.4 is 5.69 Å². The van der Waals surface area contributed by atoms with Crippen molar-refractivity contribution >= 4 is 0 Å². The lowest BCUT2D eigenvalue weighted by Crippen LogP contribution is -2.35. The average Bonchev–Trinajstić information content (AvgIpc) is 2.85. The quantitative estimate of drug-likeness (QED) is 0.792. The molecule has 0 saturated carbocycles. The van der Waals surface area contributed by atoms with Crippen LogP contribution in [0, 0.1) is 0 Å². The zero-order valence-electron chi connectivity index (χ0n) is 12.4. The molecule has 0 radical (unpaired) electrons. The van der Waals surface area contributed by atoms with Crippen molar-refractivity contribution < 1.29 is 14.9 Å². The molecule has 1 heterocycles. The first-order valence-corrected chi connectivity index (χ1v) is 7.38. The monoisotopic (exact) mass is 314 g/mol. The Labute approximate surface area is 133 Å². The second kappa shape index (κ2) is 6.87. The summed E-state index contributed by atoms with van der Waals surface area (Å²) in [6.07, 6.45) is 2.46. The van der Waals surface area contributed by atoms with Crippen LogP contribution in [-0.2, 0) is 11.3 Å². The number of aromatic nitrogens is 2. The second-order valence-electron chi connectivity index (χ2n) is 5.46. The molecule has 3 atom stereocenters. The average molecular weight is 314 g/mol. The Morgan fingerprint density at radius 2 is 1.91 bits per heavy atom. The molecule has 0 fully saturated rings. The van der Waals surface area contributed by atoms with E-state index in [1.807, 2.05) is 30.3 Å². The van der Waals surface area contributed by atoms with Crippen LogP contribution in [0.4, 0.5) is 0 Å². The van der Waals surface area contributed by atoms with Crippen LogP contribution in [0.2, 0.25) is 0 Å². The van der Waals surface area contributed by atoms with Crippen molar-refractivity contribution in [2.45, 2.75) is 24.9 Å². The van der Waals surface area contributed by atoms with Gasteiger partial charge in [-0.1, -0.05) is 36.4 Å². The first-order chi connectivity index (χ1) is 11.2. The number of rotatable bonds is 5. The molecular formula is C17H18N2O4. The third-order valence-corrected chi connectivity index (χ3v) is 3.88. The standard InChI is InChI=1S/C17H18N2O4/c20-15-13(11-23-10-12-5-2-1-3-6-12)9-14(16(15)21)19-8-4-7-18-17(19)22/h1-9,14-16,20-21H,10-11H2/t14-,15-,16+/m1/s1. The lowest BCUT2D eigenvalue weighted by molar-refractivity contribution is 0.0221. The Kier molecular flexibility index (Phi) is 4.66. The van der Waals surface area contributed by atoms with Gasteiger partial charge in [-0.2, -0.15) is 0 Å². The van der Waals surface area contributed by atoms with Gasteiger partial charge in [0, 0.05) is 12.4 Å². The number of hydrogen-bond donors (Lipinski definition) is 2. The van der Waals surface area contributed by atoms with Gasteiger partial charge in [0.25, 0.3) is 0 Å². The summed E-state index contributed by atoms with van der Waals surface area (Å²) in [5.74, 6) is 0. The highest BCUT2D eigenvalue weighted by atomic mass is 16.5. The van der Waals surface area contributed by atoms with Crippen LogP contribution in [0.3, 0.4) is 0 Å². The Morgan fingerprint density at radius 3 is 2.65 bits per heavy atom. The smallest absolute Gasteiger partial charge is 0.348 e. The van der Waals surface area contributed by atoms with E-state index >= 15 is 0 Å². The van der Waals surface area contributed by atoms with Gasteiger partial charge in [0.2, 0.25) is 0 Å². The molecule has 3 rings (SSSR count). The van der Waals surface area contributed by atoms with Crippen molar-refractivity contribution in [2.24, 2.45) is 0 Å². The van der Waals surface area contributed by atoms with Crippen LogP contribution in [0.1, 0.15) is 11.6 Å². The molecule has 0 bridgehead atoms. The fourth-order valence-electron chi connectivity index (χ4n) is 2.66. The molecule has 0 aliphatic heterocycles. The van der Waals surface area contributed by atoms with Gasteiger partial charge in [0.15, 0.2) is 0 Å². The van der Waals surface area contributed by atoms with Crippen molar-refractivity contribution in [2.75, 3.05) is 6.61 Å². The molecular weight excluding hydrogens is 296 g/mol. The predicted octanol–water partition coefficient (Wildman–Crippen LogP) is 0.663. The molecule has 120 valence electrons. The first kappa shape index (κ1) is 15.6. The largest absolute Gasteiger partial charge is 0.388 e. The van der Waals surface area contributed by atoms with E-state index in [-0.39, 0.29) is 6.61 Å². The molecule has 23 heavy (non-hydrogen) atoms. The lowest BCUT2D eigenvalue weighted by atomic mass is 10.1. The summed E-state index contributed by atoms with van der Waals surface area (Å²) in [7, 11) is 0. The minimum atomic E-state index is -1.09. The van der Waals surface area contributed by atoms with Gasteiger partial charge in [-0.25, -0.2) is 9.78 Å². The van der Waals surface area contributed by atoms with Crippen molar-refractivity contribution in [3.63, 3.8) is 0 Å². The predicted molar refractivity (Wildman–Crippen MR) is 83.7 cm³/mol. The molecule has 1 aliphatic rings. The molecule has 1 aromatic heterocycles. The van der Waals surface area contributed by atoms with Gasteiger partial charge in [0.05, 0.1) is 19.3 Å². The van der Waals surface area contributed by atoms with Crippen LogP contribution >= 0.6 is 0 Å². The molecule has 2 N–H and O–H groups in total. The lowest BCUT2D eigenvalue weighted by Gasteiger charge is -2.19. The van der Waals surface area contributed by atoms with Gasteiger partial charge in [-0.3, -0.25) is 4.57 Å². The van der Waals surface area contributed by atoms with Gasteiger partial charge in [0.1, 0.15) is 12.2 Å². The zero-order chi connectivity index (χ0) is 16.2. The van der Waals surface area contributed by atoms with Gasteiger partial charge in [-0.05, 0) is 17.2 Å². The van der Waals surface area contributed by atoms with E-state index in [1.165, 1.54) is 10.8 Å². The zero-order valence-corrected chi connectivity index (χ0v) is 12.4. The fourth-order valence-corrected chi connectivity index (χ4v) is 2.66. The topological polar surface area (TPSA) is 84.6 Å². The second-order valence-corrected chi connectivity index (χ2v) is 5.46. The summed E-state index contributed by atoms with van der Waals surface area (Å²) in [5, 5.41) is 20.3. The van der Waals surface area contributed by atoms with E-state index in [4.69, 9.17) is 4.74 Å². The highest BCUT2D eigenvalue weighted by Crippen LogP contribution is 2.28. The minimum Gasteiger partial charge on any atom is -0.388 e. The van der Waals surface area contributed by atoms with Crippen molar-refractivity contribution in [1.29, 1.82) is 0 Å². The fraction of sp³-hybridized carbons (Fsp3) is 0.294. The van der Waals surface area contributed by atoms with E-state index in [9.17, 15) is 15.0 Å². The molecule has 6 heteroatoms. The molecule has 0 spiro atoms. The van der Waals surface area contributed by atoms with E-state index in [0.29, 0.717) is 12.2 Å². The molecule has 1 aliphatic carbocycles. The number of aliphatic hydroxyl groups excluding tert-OH is 2. The van der Waals surface area contributed by atoms with Crippen LogP contribution in [0.5, 0.6) is 0 Å². The highest BCUT2D eigenvalue weighted by Gasteiger charge is 2.36. The number of hydrogen-bond acceptors (Lipinski definition) is 5. The third-order valence-electron chi connectivity index (χ3n) is 3.88. The summed E-state index contributed by atoms with van der Waals surface area (Å²) in [4.78, 5) is 15.4. The third kappa shape index (κ3) is 3.39. The summed E-state index contributed by atoms with van der Waals surface area (Å²) < 4.78 is 6.90. The van der Waals surface area contributed by atoms with Crippen molar-refractivity contribution in [3.8, 4) is 0 Å². The van der Waals surface area contributed by atoms with Crippen molar-refractivity contribution in [3.05, 3.63) is 76.5 Å². The highest BCUT2D eigenvalue weighted by molar-refractivity contribution is 5.23. The number of ether oxygens (including phenoxy) is 1. The minimum absolute atomic E-state index is 0.193. The Hall–Kier alpha value is -2.28. The summed E-state index contributed by atoms with van der Waals surface area (Å²) >= 11 is 0. The normalized spacial score (nSPS) is 23.7. The number of nitrogens with zero attached hydrogens (tertiary/aromatic N) is 2. The first-order valence-electron chi connectivity index (χ1n) is 7.38. The van der Waals surface area contributed by atoms with Gasteiger partial charge >= 0.3 is 5.69 Å². The Balaban J connectivity index is 1.68. The van der Waals surface area contributed by atoms with Crippen molar-refractivity contribution in [1.82, 2.24) is 9.55 Å². The summed E-state index contributed by atoms with van der Waals surface area (Å²) in [5.41, 5.74) is 1.13. The maximum absolute atomic E-state index is 11.8.